The van der Waals surface area contributed by atoms with Crippen molar-refractivity contribution in [2.45, 2.75) is 26.2 Å². The molecule has 3 heteroatoms. The standard InChI is InChI=1S/C10H15NO2/c1-2-11-10(13)7-8-5-3-4-6-9(8)12/h5-6,12H,2-4,7H2,1H3,(H,11,13). The maximum atomic E-state index is 11.2. The number of carbonyl (C=O) groups is 1. The second-order valence-corrected chi connectivity index (χ2v) is 3.03. The summed E-state index contributed by atoms with van der Waals surface area (Å²) in [7, 11) is 0. The largest absolute Gasteiger partial charge is 0.508 e. The van der Waals surface area contributed by atoms with E-state index < -0.39 is 0 Å². The van der Waals surface area contributed by atoms with E-state index in [4.69, 9.17) is 0 Å². The van der Waals surface area contributed by atoms with Crippen LogP contribution in [0.1, 0.15) is 26.2 Å². The van der Waals surface area contributed by atoms with Gasteiger partial charge in [-0.2, -0.15) is 0 Å². The molecule has 1 rings (SSSR count). The van der Waals surface area contributed by atoms with Crippen molar-refractivity contribution >= 4 is 5.91 Å². The van der Waals surface area contributed by atoms with Crippen LogP contribution >= 0.6 is 0 Å². The normalized spacial score (nSPS) is 16.1. The van der Waals surface area contributed by atoms with Crippen molar-refractivity contribution < 1.29 is 9.90 Å². The zero-order chi connectivity index (χ0) is 9.68. The molecule has 13 heavy (non-hydrogen) atoms. The van der Waals surface area contributed by atoms with Crippen LogP contribution < -0.4 is 5.32 Å². The van der Waals surface area contributed by atoms with Gasteiger partial charge in [-0.25, -0.2) is 0 Å². The number of carbonyl (C=O) groups excluding carboxylic acids is 1. The van der Waals surface area contributed by atoms with Crippen molar-refractivity contribution in [3.8, 4) is 0 Å². The Hall–Kier alpha value is -1.25. The predicted molar refractivity (Wildman–Crippen MR) is 51.3 cm³/mol. The molecular weight excluding hydrogens is 166 g/mol. The van der Waals surface area contributed by atoms with Gasteiger partial charge in [0.2, 0.25) is 5.91 Å². The van der Waals surface area contributed by atoms with Crippen LogP contribution in [0.5, 0.6) is 0 Å². The molecule has 0 aromatic rings. The summed E-state index contributed by atoms with van der Waals surface area (Å²) in [6.45, 7) is 2.51. The molecule has 0 heterocycles. The fourth-order valence-corrected chi connectivity index (χ4v) is 1.31. The molecule has 0 fully saturated rings. The van der Waals surface area contributed by atoms with Gasteiger partial charge in [0.1, 0.15) is 5.76 Å². The summed E-state index contributed by atoms with van der Waals surface area (Å²) in [4.78, 5) is 11.2. The SMILES string of the molecule is CCNC(=O)CC1=CCCC=C1O. The van der Waals surface area contributed by atoms with Gasteiger partial charge in [-0.3, -0.25) is 4.79 Å². The summed E-state index contributed by atoms with van der Waals surface area (Å²) in [5.41, 5.74) is 0.747. The minimum Gasteiger partial charge on any atom is -0.508 e. The van der Waals surface area contributed by atoms with Gasteiger partial charge in [-0.15, -0.1) is 0 Å². The van der Waals surface area contributed by atoms with Crippen LogP contribution in [0.25, 0.3) is 0 Å². The smallest absolute Gasteiger partial charge is 0.224 e. The van der Waals surface area contributed by atoms with E-state index in [1.807, 2.05) is 13.0 Å². The third kappa shape index (κ3) is 2.93. The minimum absolute atomic E-state index is 0.0319. The fourth-order valence-electron chi connectivity index (χ4n) is 1.31. The molecular formula is C10H15NO2. The molecule has 0 atom stereocenters. The second kappa shape index (κ2) is 4.70. The zero-order valence-corrected chi connectivity index (χ0v) is 7.84. The number of rotatable bonds is 3. The summed E-state index contributed by atoms with van der Waals surface area (Å²) in [6.07, 6.45) is 5.75. The summed E-state index contributed by atoms with van der Waals surface area (Å²) in [5, 5.41) is 12.1. The van der Waals surface area contributed by atoms with Gasteiger partial charge >= 0.3 is 0 Å². The molecule has 0 aliphatic heterocycles. The Kier molecular flexibility index (Phi) is 3.55. The van der Waals surface area contributed by atoms with E-state index >= 15 is 0 Å². The summed E-state index contributed by atoms with van der Waals surface area (Å²) in [5.74, 6) is 0.230. The molecule has 0 bridgehead atoms. The highest BCUT2D eigenvalue weighted by molar-refractivity contribution is 5.79. The highest BCUT2D eigenvalue weighted by Crippen LogP contribution is 2.18. The van der Waals surface area contributed by atoms with Gasteiger partial charge in [0.25, 0.3) is 0 Å². The van der Waals surface area contributed by atoms with Crippen LogP contribution in [-0.2, 0) is 4.79 Å². The van der Waals surface area contributed by atoms with Crippen LogP contribution in [0, 0.1) is 0 Å². The van der Waals surface area contributed by atoms with E-state index in [2.05, 4.69) is 5.32 Å². The van der Waals surface area contributed by atoms with Crippen molar-refractivity contribution in [2.24, 2.45) is 0 Å². The van der Waals surface area contributed by atoms with Gasteiger partial charge in [0.05, 0.1) is 6.42 Å². The third-order valence-electron chi connectivity index (χ3n) is 1.95. The van der Waals surface area contributed by atoms with Crippen LogP contribution in [0.15, 0.2) is 23.5 Å². The number of hydrogen-bond donors (Lipinski definition) is 2. The summed E-state index contributed by atoms with van der Waals surface area (Å²) >= 11 is 0. The van der Waals surface area contributed by atoms with Crippen LogP contribution in [0.3, 0.4) is 0 Å². The zero-order valence-electron chi connectivity index (χ0n) is 7.84. The van der Waals surface area contributed by atoms with Crippen LogP contribution in [0.2, 0.25) is 0 Å². The maximum Gasteiger partial charge on any atom is 0.224 e. The molecule has 72 valence electrons. The van der Waals surface area contributed by atoms with E-state index in [0.29, 0.717) is 6.54 Å². The van der Waals surface area contributed by atoms with Crippen molar-refractivity contribution in [3.05, 3.63) is 23.5 Å². The molecule has 0 unspecified atom stereocenters. The Morgan fingerprint density at radius 1 is 1.54 bits per heavy atom. The van der Waals surface area contributed by atoms with Gasteiger partial charge in [-0.05, 0) is 31.4 Å². The Labute approximate surface area is 78.1 Å². The molecule has 1 amide bonds. The van der Waals surface area contributed by atoms with Crippen molar-refractivity contribution in [1.29, 1.82) is 0 Å². The first-order valence-electron chi connectivity index (χ1n) is 4.59. The maximum absolute atomic E-state index is 11.2. The van der Waals surface area contributed by atoms with E-state index in [0.717, 1.165) is 18.4 Å². The molecule has 2 N–H and O–H groups in total. The Balaban J connectivity index is 2.48. The Morgan fingerprint density at radius 3 is 2.85 bits per heavy atom. The number of amides is 1. The van der Waals surface area contributed by atoms with Crippen molar-refractivity contribution in [2.75, 3.05) is 6.54 Å². The lowest BCUT2D eigenvalue weighted by Gasteiger charge is -2.10. The number of aliphatic hydroxyl groups is 1. The average Bonchev–Trinajstić information content (AvgIpc) is 2.09. The number of aliphatic hydroxyl groups excluding tert-OH is 1. The predicted octanol–water partition coefficient (Wildman–Crippen LogP) is 1.67. The molecule has 1 aliphatic rings. The van der Waals surface area contributed by atoms with E-state index in [9.17, 15) is 9.90 Å². The number of hydrogen-bond acceptors (Lipinski definition) is 2. The lowest BCUT2D eigenvalue weighted by Crippen LogP contribution is -2.23. The minimum atomic E-state index is -0.0319. The molecule has 0 aromatic heterocycles. The highest BCUT2D eigenvalue weighted by Gasteiger charge is 2.10. The number of nitrogens with one attached hydrogen (secondary N) is 1. The first-order valence-corrected chi connectivity index (χ1v) is 4.59. The Morgan fingerprint density at radius 2 is 2.23 bits per heavy atom. The average molecular weight is 181 g/mol. The van der Waals surface area contributed by atoms with Gasteiger partial charge in [0.15, 0.2) is 0 Å². The van der Waals surface area contributed by atoms with Crippen molar-refractivity contribution in [3.63, 3.8) is 0 Å². The van der Waals surface area contributed by atoms with E-state index in [1.165, 1.54) is 0 Å². The third-order valence-corrected chi connectivity index (χ3v) is 1.95. The quantitative estimate of drug-likeness (QED) is 0.695. The second-order valence-electron chi connectivity index (χ2n) is 3.03. The molecule has 0 radical (unpaired) electrons. The monoisotopic (exact) mass is 181 g/mol. The van der Waals surface area contributed by atoms with Gasteiger partial charge in [0, 0.05) is 6.54 Å². The number of allylic oxidation sites excluding steroid dienone is 3. The molecule has 0 saturated carbocycles. The van der Waals surface area contributed by atoms with E-state index in [1.54, 1.807) is 6.08 Å². The van der Waals surface area contributed by atoms with Crippen LogP contribution in [-0.4, -0.2) is 17.6 Å². The first-order chi connectivity index (χ1) is 6.24. The molecule has 0 aromatic carbocycles. The van der Waals surface area contributed by atoms with Crippen molar-refractivity contribution in [1.82, 2.24) is 5.32 Å². The Bertz CT molecular complexity index is 254. The lowest BCUT2D eigenvalue weighted by atomic mass is 10.0. The first kappa shape index (κ1) is 9.84. The molecule has 0 spiro atoms. The summed E-state index contributed by atoms with van der Waals surface area (Å²) in [6, 6.07) is 0. The lowest BCUT2D eigenvalue weighted by molar-refractivity contribution is -0.120. The molecule has 1 aliphatic carbocycles. The van der Waals surface area contributed by atoms with Gasteiger partial charge < -0.3 is 10.4 Å². The highest BCUT2D eigenvalue weighted by atomic mass is 16.3. The molecule has 3 nitrogen and oxygen atoms in total. The van der Waals surface area contributed by atoms with Gasteiger partial charge in [-0.1, -0.05) is 6.08 Å². The fraction of sp³-hybridized carbons (Fsp3) is 0.500. The molecule has 0 saturated heterocycles. The topological polar surface area (TPSA) is 49.3 Å². The summed E-state index contributed by atoms with van der Waals surface area (Å²) < 4.78 is 0. The van der Waals surface area contributed by atoms with Crippen LogP contribution in [0.4, 0.5) is 0 Å². The van der Waals surface area contributed by atoms with E-state index in [-0.39, 0.29) is 18.1 Å².